The molecule has 19 heavy (non-hydrogen) atoms. The number of nitrogens with zero attached hydrogens (tertiary/aromatic N) is 2. The van der Waals surface area contributed by atoms with Crippen LogP contribution in [0.3, 0.4) is 0 Å². The van der Waals surface area contributed by atoms with Gasteiger partial charge in [0.05, 0.1) is 23.0 Å². The van der Waals surface area contributed by atoms with Crippen LogP contribution in [0.1, 0.15) is 26.7 Å². The Morgan fingerprint density at radius 2 is 2.16 bits per heavy atom. The molecule has 1 unspecified atom stereocenters. The Morgan fingerprint density at radius 3 is 3.00 bits per heavy atom. The zero-order chi connectivity index (χ0) is 13.3. The molecule has 0 aliphatic carbocycles. The second-order valence-electron chi connectivity index (χ2n) is 5.72. The van der Waals surface area contributed by atoms with Gasteiger partial charge < -0.3 is 10.1 Å². The van der Waals surface area contributed by atoms with E-state index >= 15 is 0 Å². The van der Waals surface area contributed by atoms with Gasteiger partial charge in [-0.25, -0.2) is 0 Å². The van der Waals surface area contributed by atoms with Crippen molar-refractivity contribution in [3.05, 3.63) is 30.5 Å². The molecule has 1 aliphatic rings. The molecule has 4 heteroatoms. The first-order valence-electron chi connectivity index (χ1n) is 6.75. The first-order valence-corrected chi connectivity index (χ1v) is 6.75. The molecule has 0 spiro atoms. The van der Waals surface area contributed by atoms with Crippen LogP contribution in [-0.2, 0) is 4.74 Å². The van der Waals surface area contributed by atoms with Crippen LogP contribution in [0.4, 0.5) is 5.69 Å². The van der Waals surface area contributed by atoms with Gasteiger partial charge in [-0.3, -0.25) is 0 Å². The molecule has 0 radical (unpaired) electrons. The van der Waals surface area contributed by atoms with Crippen molar-refractivity contribution in [1.29, 1.82) is 0 Å². The van der Waals surface area contributed by atoms with Crippen LogP contribution >= 0.6 is 0 Å². The van der Waals surface area contributed by atoms with Gasteiger partial charge in [0.15, 0.2) is 0 Å². The third kappa shape index (κ3) is 2.68. The van der Waals surface area contributed by atoms with E-state index in [4.69, 9.17) is 4.74 Å². The molecule has 1 fully saturated rings. The smallest absolute Gasteiger partial charge is 0.0950 e. The summed E-state index contributed by atoms with van der Waals surface area (Å²) >= 11 is 0. The van der Waals surface area contributed by atoms with Gasteiger partial charge >= 0.3 is 0 Å². The lowest BCUT2D eigenvalue weighted by atomic mass is 9.93. The number of fused-ring (bicyclic) bond motifs is 1. The summed E-state index contributed by atoms with van der Waals surface area (Å²) in [4.78, 5) is 0. The Kier molecular flexibility index (Phi) is 3.11. The van der Waals surface area contributed by atoms with Crippen molar-refractivity contribution in [2.24, 2.45) is 0 Å². The molecule has 2 aromatic rings. The molecule has 100 valence electrons. The van der Waals surface area contributed by atoms with Crippen LogP contribution in [0, 0.1) is 0 Å². The van der Waals surface area contributed by atoms with Crippen LogP contribution in [0.2, 0.25) is 0 Å². The quantitative estimate of drug-likeness (QED) is 0.898. The second-order valence-corrected chi connectivity index (χ2v) is 5.72. The highest BCUT2D eigenvalue weighted by Gasteiger charge is 2.28. The fourth-order valence-corrected chi connectivity index (χ4v) is 2.70. The van der Waals surface area contributed by atoms with E-state index in [1.807, 2.05) is 24.4 Å². The Morgan fingerprint density at radius 1 is 1.32 bits per heavy atom. The van der Waals surface area contributed by atoms with Gasteiger partial charge in [0.1, 0.15) is 0 Å². The van der Waals surface area contributed by atoms with Gasteiger partial charge in [-0.2, -0.15) is 10.2 Å². The van der Waals surface area contributed by atoms with Crippen molar-refractivity contribution in [2.45, 2.75) is 38.3 Å². The lowest BCUT2D eigenvalue weighted by Crippen LogP contribution is -2.40. The van der Waals surface area contributed by atoms with Gasteiger partial charge in [0.2, 0.25) is 0 Å². The minimum Gasteiger partial charge on any atom is -0.380 e. The summed E-state index contributed by atoms with van der Waals surface area (Å²) in [5, 5.41) is 12.9. The summed E-state index contributed by atoms with van der Waals surface area (Å²) in [6, 6.07) is 8.51. The minimum atomic E-state index is -0.0494. The van der Waals surface area contributed by atoms with Crippen molar-refractivity contribution in [2.75, 3.05) is 11.9 Å². The van der Waals surface area contributed by atoms with Crippen molar-refractivity contribution < 1.29 is 4.74 Å². The van der Waals surface area contributed by atoms with E-state index in [1.54, 1.807) is 0 Å². The Bertz CT molecular complexity index is 577. The van der Waals surface area contributed by atoms with Crippen molar-refractivity contribution in [1.82, 2.24) is 10.2 Å². The molecular weight excluding hydrogens is 238 g/mol. The SMILES string of the molecule is CC1(C)CC(Nc2cnnc3ccccc23)CCO1. The molecule has 4 nitrogen and oxygen atoms in total. The van der Waals surface area contributed by atoms with Gasteiger partial charge in [-0.1, -0.05) is 18.2 Å². The Hall–Kier alpha value is -1.68. The second kappa shape index (κ2) is 4.78. The Labute approximate surface area is 113 Å². The molecule has 2 heterocycles. The van der Waals surface area contributed by atoms with Gasteiger partial charge in [0.25, 0.3) is 0 Å². The molecule has 1 aromatic heterocycles. The fraction of sp³-hybridized carbons (Fsp3) is 0.467. The summed E-state index contributed by atoms with van der Waals surface area (Å²) in [6.07, 6.45) is 3.84. The monoisotopic (exact) mass is 257 g/mol. The van der Waals surface area contributed by atoms with E-state index < -0.39 is 0 Å². The zero-order valence-corrected chi connectivity index (χ0v) is 11.4. The van der Waals surface area contributed by atoms with E-state index in [1.165, 1.54) is 0 Å². The highest BCUT2D eigenvalue weighted by Crippen LogP contribution is 2.28. The molecule has 1 aliphatic heterocycles. The number of benzene rings is 1. The molecule has 1 saturated heterocycles. The maximum Gasteiger partial charge on any atom is 0.0950 e. The summed E-state index contributed by atoms with van der Waals surface area (Å²) in [6.45, 7) is 5.09. The van der Waals surface area contributed by atoms with Crippen LogP contribution in [0.5, 0.6) is 0 Å². The standard InChI is InChI=1S/C15H19N3O/c1-15(2)9-11(7-8-19-15)17-14-10-16-18-13-6-4-3-5-12(13)14/h3-6,10-11H,7-9H2,1-2H3,(H,17,18). The topological polar surface area (TPSA) is 47.0 Å². The van der Waals surface area contributed by atoms with E-state index in [0.29, 0.717) is 6.04 Å². The predicted octanol–water partition coefficient (Wildman–Crippen LogP) is 3.00. The first kappa shape index (κ1) is 12.4. The molecule has 1 atom stereocenters. The number of aromatic nitrogens is 2. The molecule has 1 N–H and O–H groups in total. The maximum atomic E-state index is 5.75. The number of hydrogen-bond donors (Lipinski definition) is 1. The lowest BCUT2D eigenvalue weighted by molar-refractivity contribution is -0.0553. The van der Waals surface area contributed by atoms with E-state index in [-0.39, 0.29) is 5.60 Å². The van der Waals surface area contributed by atoms with Crippen molar-refractivity contribution in [3.63, 3.8) is 0 Å². The Balaban J connectivity index is 1.85. The number of ether oxygens (including phenoxy) is 1. The number of nitrogens with one attached hydrogen (secondary N) is 1. The van der Waals surface area contributed by atoms with Gasteiger partial charge in [0, 0.05) is 18.0 Å². The molecule has 0 bridgehead atoms. The molecule has 0 amide bonds. The number of anilines is 1. The van der Waals surface area contributed by atoms with Gasteiger partial charge in [-0.05, 0) is 32.8 Å². The lowest BCUT2D eigenvalue weighted by Gasteiger charge is -2.36. The molecule has 3 rings (SSSR count). The third-order valence-corrected chi connectivity index (χ3v) is 3.60. The number of rotatable bonds is 2. The highest BCUT2D eigenvalue weighted by molar-refractivity contribution is 5.90. The first-order chi connectivity index (χ1) is 9.14. The average molecular weight is 257 g/mol. The third-order valence-electron chi connectivity index (χ3n) is 3.60. The summed E-state index contributed by atoms with van der Waals surface area (Å²) in [5.41, 5.74) is 1.94. The average Bonchev–Trinajstić information content (AvgIpc) is 2.38. The van der Waals surface area contributed by atoms with E-state index in [2.05, 4.69) is 35.4 Å². The zero-order valence-electron chi connectivity index (χ0n) is 11.4. The van der Waals surface area contributed by atoms with Crippen molar-refractivity contribution in [3.8, 4) is 0 Å². The van der Waals surface area contributed by atoms with E-state index in [0.717, 1.165) is 36.0 Å². The normalized spacial score (nSPS) is 22.3. The fourth-order valence-electron chi connectivity index (χ4n) is 2.70. The predicted molar refractivity (Wildman–Crippen MR) is 76.2 cm³/mol. The summed E-state index contributed by atoms with van der Waals surface area (Å²) in [7, 11) is 0. The minimum absolute atomic E-state index is 0.0494. The molecule has 0 saturated carbocycles. The molecular formula is C15H19N3O. The van der Waals surface area contributed by atoms with Crippen LogP contribution in [0.15, 0.2) is 30.5 Å². The number of hydrogen-bond acceptors (Lipinski definition) is 4. The van der Waals surface area contributed by atoms with Gasteiger partial charge in [-0.15, -0.1) is 0 Å². The summed E-state index contributed by atoms with van der Waals surface area (Å²) < 4.78 is 5.75. The van der Waals surface area contributed by atoms with E-state index in [9.17, 15) is 0 Å². The van der Waals surface area contributed by atoms with Crippen LogP contribution in [0.25, 0.3) is 10.9 Å². The van der Waals surface area contributed by atoms with Crippen LogP contribution < -0.4 is 5.32 Å². The maximum absolute atomic E-state index is 5.75. The van der Waals surface area contributed by atoms with Crippen LogP contribution in [-0.4, -0.2) is 28.4 Å². The van der Waals surface area contributed by atoms with Crippen molar-refractivity contribution >= 4 is 16.6 Å². The highest BCUT2D eigenvalue weighted by atomic mass is 16.5. The summed E-state index contributed by atoms with van der Waals surface area (Å²) in [5.74, 6) is 0. The largest absolute Gasteiger partial charge is 0.380 e. The molecule has 1 aromatic carbocycles.